The number of halogens is 1. The van der Waals surface area contributed by atoms with Crippen molar-refractivity contribution in [3.8, 4) is 5.75 Å². The molecule has 0 atom stereocenters. The lowest BCUT2D eigenvalue weighted by Crippen LogP contribution is -2.26. The molecule has 1 heterocycles. The molecule has 2 rings (SSSR count). The number of alkyl carbamates (subject to hydrolysis) is 1. The van der Waals surface area contributed by atoms with Crippen LogP contribution in [-0.2, 0) is 11.2 Å². The van der Waals surface area contributed by atoms with Gasteiger partial charge in [-0.25, -0.2) is 4.79 Å². The third-order valence-electron chi connectivity index (χ3n) is 3.68. The molecule has 0 aliphatic rings. The number of hydrogen-bond donors (Lipinski definition) is 2. The van der Waals surface area contributed by atoms with E-state index in [-0.39, 0.29) is 6.09 Å². The second-order valence-corrected chi connectivity index (χ2v) is 6.37. The van der Waals surface area contributed by atoms with Gasteiger partial charge in [0.25, 0.3) is 0 Å². The Morgan fingerprint density at radius 3 is 2.96 bits per heavy atom. The van der Waals surface area contributed by atoms with Crippen LogP contribution in [0.15, 0.2) is 24.4 Å². The third-order valence-corrected chi connectivity index (χ3v) is 4.24. The monoisotopic (exact) mass is 396 g/mol. The van der Waals surface area contributed by atoms with Gasteiger partial charge >= 0.3 is 6.09 Å². The van der Waals surface area contributed by atoms with Gasteiger partial charge in [0, 0.05) is 29.0 Å². The number of alkyl halides is 1. The summed E-state index contributed by atoms with van der Waals surface area (Å²) < 4.78 is 10.8. The van der Waals surface area contributed by atoms with Gasteiger partial charge in [0.15, 0.2) is 0 Å². The predicted octanol–water partition coefficient (Wildman–Crippen LogP) is 4.40. The van der Waals surface area contributed by atoms with Gasteiger partial charge in [-0.05, 0) is 43.0 Å². The number of amides is 1. The fourth-order valence-electron chi connectivity index (χ4n) is 2.36. The Kier molecular flexibility index (Phi) is 7.95. The first-order chi connectivity index (χ1) is 11.7. The predicted molar refractivity (Wildman–Crippen MR) is 100 cm³/mol. The van der Waals surface area contributed by atoms with E-state index in [1.54, 1.807) is 0 Å². The van der Waals surface area contributed by atoms with Crippen molar-refractivity contribution < 1.29 is 14.3 Å². The van der Waals surface area contributed by atoms with E-state index in [1.807, 2.05) is 18.3 Å². The number of aromatic nitrogens is 1. The second-order valence-electron chi connectivity index (χ2n) is 5.58. The molecule has 1 aromatic carbocycles. The first-order valence-electron chi connectivity index (χ1n) is 8.44. The van der Waals surface area contributed by atoms with Crippen LogP contribution in [0.4, 0.5) is 4.79 Å². The molecule has 2 aromatic rings. The summed E-state index contributed by atoms with van der Waals surface area (Å²) in [5, 5.41) is 4.86. The number of carbonyl (C=O) groups excluding carboxylic acids is 1. The van der Waals surface area contributed by atoms with Crippen LogP contribution in [0.3, 0.4) is 0 Å². The average Bonchev–Trinajstić information content (AvgIpc) is 2.98. The van der Waals surface area contributed by atoms with Crippen LogP contribution in [0, 0.1) is 0 Å². The fraction of sp³-hybridized carbons (Fsp3) is 0.500. The second kappa shape index (κ2) is 10.2. The highest BCUT2D eigenvalue weighted by atomic mass is 79.9. The van der Waals surface area contributed by atoms with Crippen LogP contribution in [-0.4, -0.2) is 36.2 Å². The molecule has 1 amide bonds. The SMILES string of the molecule is CCCCOC(=O)NCCc1c[nH]c2ccc(OCCCBr)cc12. The minimum Gasteiger partial charge on any atom is -0.494 e. The zero-order valence-electron chi connectivity index (χ0n) is 14.1. The van der Waals surface area contributed by atoms with Crippen LogP contribution in [0.5, 0.6) is 5.75 Å². The number of unbranched alkanes of at least 4 members (excludes halogenated alkanes) is 1. The lowest BCUT2D eigenvalue weighted by Gasteiger charge is -2.07. The zero-order chi connectivity index (χ0) is 17.2. The van der Waals surface area contributed by atoms with Crippen molar-refractivity contribution in [2.45, 2.75) is 32.6 Å². The van der Waals surface area contributed by atoms with Gasteiger partial charge in [0.2, 0.25) is 0 Å². The number of H-pyrrole nitrogens is 1. The molecule has 1 aromatic heterocycles. The summed E-state index contributed by atoms with van der Waals surface area (Å²) in [6.45, 7) is 3.79. The smallest absolute Gasteiger partial charge is 0.407 e. The van der Waals surface area contributed by atoms with Gasteiger partial charge in [-0.15, -0.1) is 0 Å². The molecule has 0 fully saturated rings. The summed E-state index contributed by atoms with van der Waals surface area (Å²) in [4.78, 5) is 14.8. The highest BCUT2D eigenvalue weighted by Gasteiger charge is 2.07. The molecule has 0 saturated carbocycles. The van der Waals surface area contributed by atoms with Crippen molar-refractivity contribution in [1.82, 2.24) is 10.3 Å². The van der Waals surface area contributed by atoms with E-state index in [1.165, 1.54) is 0 Å². The van der Waals surface area contributed by atoms with Crippen molar-refractivity contribution in [2.75, 3.05) is 25.1 Å². The number of ether oxygens (including phenoxy) is 2. The van der Waals surface area contributed by atoms with Crippen molar-refractivity contribution >= 4 is 32.9 Å². The lowest BCUT2D eigenvalue weighted by atomic mass is 10.1. The van der Waals surface area contributed by atoms with Gasteiger partial charge < -0.3 is 19.8 Å². The van der Waals surface area contributed by atoms with E-state index >= 15 is 0 Å². The summed E-state index contributed by atoms with van der Waals surface area (Å²) in [6.07, 6.45) is 5.27. The number of nitrogens with one attached hydrogen (secondary N) is 2. The first kappa shape index (κ1) is 18.6. The molecule has 5 nitrogen and oxygen atoms in total. The van der Waals surface area contributed by atoms with Crippen molar-refractivity contribution in [1.29, 1.82) is 0 Å². The average molecular weight is 397 g/mol. The standard InChI is InChI=1S/C18H25BrN2O3/c1-2-3-10-24-18(22)20-9-7-14-13-21-17-6-5-15(12-16(14)17)23-11-4-8-19/h5-6,12-13,21H,2-4,7-11H2,1H3,(H,20,22). The molecular formula is C18H25BrN2O3. The number of fused-ring (bicyclic) bond motifs is 1. The van der Waals surface area contributed by atoms with Crippen LogP contribution < -0.4 is 10.1 Å². The fourth-order valence-corrected chi connectivity index (χ4v) is 2.59. The lowest BCUT2D eigenvalue weighted by molar-refractivity contribution is 0.144. The minimum atomic E-state index is -0.345. The Hall–Kier alpha value is -1.69. The Morgan fingerprint density at radius 2 is 2.17 bits per heavy atom. The molecule has 0 radical (unpaired) electrons. The molecule has 0 saturated heterocycles. The molecule has 0 unspecified atom stereocenters. The zero-order valence-corrected chi connectivity index (χ0v) is 15.7. The Balaban J connectivity index is 1.87. The van der Waals surface area contributed by atoms with Gasteiger partial charge in [-0.2, -0.15) is 0 Å². The largest absolute Gasteiger partial charge is 0.494 e. The van der Waals surface area contributed by atoms with Crippen molar-refractivity contribution in [3.05, 3.63) is 30.0 Å². The molecule has 24 heavy (non-hydrogen) atoms. The van der Waals surface area contributed by atoms with Crippen molar-refractivity contribution in [3.63, 3.8) is 0 Å². The van der Waals surface area contributed by atoms with E-state index in [4.69, 9.17) is 9.47 Å². The Bertz CT molecular complexity index is 642. The molecule has 0 spiro atoms. The first-order valence-corrected chi connectivity index (χ1v) is 9.56. The van der Waals surface area contributed by atoms with E-state index in [0.29, 0.717) is 19.8 Å². The topological polar surface area (TPSA) is 63.3 Å². The Labute approximate surface area is 151 Å². The molecule has 132 valence electrons. The number of benzene rings is 1. The quantitative estimate of drug-likeness (QED) is 0.461. The Morgan fingerprint density at radius 1 is 1.29 bits per heavy atom. The maximum absolute atomic E-state index is 11.5. The van der Waals surface area contributed by atoms with Gasteiger partial charge in [-0.1, -0.05) is 29.3 Å². The number of rotatable bonds is 10. The van der Waals surface area contributed by atoms with E-state index in [2.05, 4.69) is 39.2 Å². The summed E-state index contributed by atoms with van der Waals surface area (Å²) in [7, 11) is 0. The molecule has 6 heteroatoms. The molecule has 0 aliphatic carbocycles. The van der Waals surface area contributed by atoms with E-state index in [0.717, 1.165) is 53.2 Å². The van der Waals surface area contributed by atoms with E-state index < -0.39 is 0 Å². The molecule has 2 N–H and O–H groups in total. The summed E-state index contributed by atoms with van der Waals surface area (Å²) in [5.41, 5.74) is 2.23. The van der Waals surface area contributed by atoms with Crippen LogP contribution >= 0.6 is 15.9 Å². The van der Waals surface area contributed by atoms with Crippen LogP contribution in [0.2, 0.25) is 0 Å². The summed E-state index contributed by atoms with van der Waals surface area (Å²) in [6, 6.07) is 6.05. The highest BCUT2D eigenvalue weighted by molar-refractivity contribution is 9.09. The number of hydrogen-bond acceptors (Lipinski definition) is 3. The van der Waals surface area contributed by atoms with Crippen LogP contribution in [0.1, 0.15) is 31.7 Å². The highest BCUT2D eigenvalue weighted by Crippen LogP contribution is 2.24. The third kappa shape index (κ3) is 5.74. The van der Waals surface area contributed by atoms with Gasteiger partial charge in [0.1, 0.15) is 5.75 Å². The summed E-state index contributed by atoms with van der Waals surface area (Å²) in [5.74, 6) is 0.872. The maximum Gasteiger partial charge on any atom is 0.407 e. The number of carbonyl (C=O) groups is 1. The molecule has 0 bridgehead atoms. The van der Waals surface area contributed by atoms with Crippen LogP contribution in [0.25, 0.3) is 10.9 Å². The minimum absolute atomic E-state index is 0.345. The number of aromatic amines is 1. The van der Waals surface area contributed by atoms with Gasteiger partial charge in [0.05, 0.1) is 13.2 Å². The summed E-state index contributed by atoms with van der Waals surface area (Å²) >= 11 is 3.40. The van der Waals surface area contributed by atoms with E-state index in [9.17, 15) is 4.79 Å². The maximum atomic E-state index is 11.5. The molecular weight excluding hydrogens is 372 g/mol. The van der Waals surface area contributed by atoms with Gasteiger partial charge in [-0.3, -0.25) is 0 Å². The van der Waals surface area contributed by atoms with Crippen molar-refractivity contribution in [2.24, 2.45) is 0 Å². The normalized spacial score (nSPS) is 10.8. The molecule has 0 aliphatic heterocycles.